The van der Waals surface area contributed by atoms with E-state index in [1.807, 2.05) is 0 Å². The van der Waals surface area contributed by atoms with Crippen LogP contribution in [0.5, 0.6) is 0 Å². The van der Waals surface area contributed by atoms with Crippen molar-refractivity contribution in [2.24, 2.45) is 11.8 Å². The first-order valence-electron chi connectivity index (χ1n) is 5.64. The van der Waals surface area contributed by atoms with Gasteiger partial charge in [-0.1, -0.05) is 0 Å². The van der Waals surface area contributed by atoms with Gasteiger partial charge < -0.3 is 19.5 Å². The molecule has 0 aromatic carbocycles. The summed E-state index contributed by atoms with van der Waals surface area (Å²) in [6.45, 7) is 2.37. The second kappa shape index (κ2) is 6.56. The molecule has 17 heavy (non-hydrogen) atoms. The van der Waals surface area contributed by atoms with Crippen molar-refractivity contribution in [2.75, 3.05) is 27.4 Å². The van der Waals surface area contributed by atoms with E-state index in [-0.39, 0.29) is 30.3 Å². The zero-order valence-corrected chi connectivity index (χ0v) is 10.4. The minimum atomic E-state index is -0.459. The number of hydrogen-bond donors (Lipinski definition) is 1. The number of rotatable bonds is 7. The van der Waals surface area contributed by atoms with Crippen molar-refractivity contribution in [2.45, 2.75) is 19.6 Å². The molecule has 0 saturated heterocycles. The summed E-state index contributed by atoms with van der Waals surface area (Å²) in [6, 6.07) is 0. The molecular formula is C11H19NO5. The fourth-order valence-corrected chi connectivity index (χ4v) is 1.57. The van der Waals surface area contributed by atoms with Crippen LogP contribution in [0.15, 0.2) is 0 Å². The van der Waals surface area contributed by atoms with Crippen LogP contribution in [0.3, 0.4) is 0 Å². The quantitative estimate of drug-likeness (QED) is 0.501. The van der Waals surface area contributed by atoms with Crippen molar-refractivity contribution in [1.82, 2.24) is 5.32 Å². The highest BCUT2D eigenvalue weighted by Gasteiger charge is 2.49. The zero-order valence-electron chi connectivity index (χ0n) is 10.4. The van der Waals surface area contributed by atoms with Crippen molar-refractivity contribution in [1.29, 1.82) is 0 Å². The second-order valence-corrected chi connectivity index (χ2v) is 3.85. The first kappa shape index (κ1) is 13.9. The van der Waals surface area contributed by atoms with Crippen molar-refractivity contribution in [3.05, 3.63) is 0 Å². The van der Waals surface area contributed by atoms with Gasteiger partial charge in [0.25, 0.3) is 0 Å². The van der Waals surface area contributed by atoms with Crippen LogP contribution in [0.2, 0.25) is 0 Å². The molecule has 0 heterocycles. The molecule has 1 rings (SSSR count). The first-order valence-corrected chi connectivity index (χ1v) is 5.64. The highest BCUT2D eigenvalue weighted by Crippen LogP contribution is 2.39. The lowest BCUT2D eigenvalue weighted by atomic mass is 10.3. The average molecular weight is 245 g/mol. The maximum atomic E-state index is 11.6. The Balaban J connectivity index is 2.25. The summed E-state index contributed by atoms with van der Waals surface area (Å²) < 4.78 is 14.7. The van der Waals surface area contributed by atoms with Gasteiger partial charge in [-0.15, -0.1) is 0 Å². The van der Waals surface area contributed by atoms with Crippen LogP contribution in [0.1, 0.15) is 13.3 Å². The minimum Gasteiger partial charge on any atom is -0.466 e. The number of carbonyl (C=O) groups excluding carboxylic acids is 2. The summed E-state index contributed by atoms with van der Waals surface area (Å²) in [5.41, 5.74) is 0. The van der Waals surface area contributed by atoms with Crippen LogP contribution in [0, 0.1) is 11.8 Å². The normalized spacial score (nSPS) is 22.4. The Hall–Kier alpha value is -1.14. The molecule has 1 aliphatic rings. The van der Waals surface area contributed by atoms with Crippen molar-refractivity contribution in [3.8, 4) is 0 Å². The molecule has 2 atom stereocenters. The number of carbonyl (C=O) groups is 2. The van der Waals surface area contributed by atoms with E-state index >= 15 is 0 Å². The molecule has 6 nitrogen and oxygen atoms in total. The van der Waals surface area contributed by atoms with Crippen LogP contribution in [0.4, 0.5) is 0 Å². The van der Waals surface area contributed by atoms with E-state index < -0.39 is 6.29 Å². The number of hydrogen-bond acceptors (Lipinski definition) is 5. The van der Waals surface area contributed by atoms with Gasteiger partial charge in [-0.05, 0) is 13.3 Å². The summed E-state index contributed by atoms with van der Waals surface area (Å²) >= 11 is 0. The van der Waals surface area contributed by atoms with Crippen molar-refractivity contribution in [3.63, 3.8) is 0 Å². The molecule has 1 aliphatic carbocycles. The molecular weight excluding hydrogens is 226 g/mol. The third kappa shape index (κ3) is 3.98. The van der Waals surface area contributed by atoms with Crippen LogP contribution in [-0.2, 0) is 23.8 Å². The molecule has 0 spiro atoms. The van der Waals surface area contributed by atoms with Gasteiger partial charge in [0, 0.05) is 14.2 Å². The number of methoxy groups -OCH3 is 2. The first-order chi connectivity index (χ1) is 8.13. The molecule has 0 aliphatic heterocycles. The van der Waals surface area contributed by atoms with Crippen LogP contribution in [-0.4, -0.2) is 45.5 Å². The Morgan fingerprint density at radius 2 is 1.94 bits per heavy atom. The molecule has 0 radical (unpaired) electrons. The largest absolute Gasteiger partial charge is 0.466 e. The fourth-order valence-electron chi connectivity index (χ4n) is 1.57. The van der Waals surface area contributed by atoms with E-state index in [1.165, 1.54) is 14.2 Å². The Bertz CT molecular complexity index is 277. The Morgan fingerprint density at radius 3 is 2.47 bits per heavy atom. The van der Waals surface area contributed by atoms with E-state index in [0.29, 0.717) is 13.0 Å². The predicted molar refractivity (Wildman–Crippen MR) is 59.0 cm³/mol. The summed E-state index contributed by atoms with van der Waals surface area (Å²) in [5.74, 6) is -0.980. The highest BCUT2D eigenvalue weighted by molar-refractivity contribution is 5.90. The Kier molecular flexibility index (Phi) is 5.37. The lowest BCUT2D eigenvalue weighted by Crippen LogP contribution is -2.35. The second-order valence-electron chi connectivity index (χ2n) is 3.85. The maximum absolute atomic E-state index is 11.6. The van der Waals surface area contributed by atoms with Crippen molar-refractivity contribution < 1.29 is 23.8 Å². The molecule has 0 bridgehead atoms. The smallest absolute Gasteiger partial charge is 0.309 e. The van der Waals surface area contributed by atoms with Crippen LogP contribution in [0.25, 0.3) is 0 Å². The molecule has 1 fully saturated rings. The van der Waals surface area contributed by atoms with E-state index in [0.717, 1.165) is 0 Å². The van der Waals surface area contributed by atoms with Gasteiger partial charge in [0.1, 0.15) is 0 Å². The minimum absolute atomic E-state index is 0.151. The zero-order chi connectivity index (χ0) is 12.8. The number of ether oxygens (including phenoxy) is 3. The van der Waals surface area contributed by atoms with Gasteiger partial charge in [0.05, 0.1) is 25.0 Å². The van der Waals surface area contributed by atoms with E-state index in [2.05, 4.69) is 5.32 Å². The molecule has 0 aromatic rings. The number of esters is 1. The summed E-state index contributed by atoms with van der Waals surface area (Å²) in [4.78, 5) is 22.9. The Labute approximate surface area is 101 Å². The molecule has 1 saturated carbocycles. The fraction of sp³-hybridized carbons (Fsp3) is 0.818. The maximum Gasteiger partial charge on any atom is 0.309 e. The Morgan fingerprint density at radius 1 is 1.29 bits per heavy atom. The average Bonchev–Trinajstić information content (AvgIpc) is 3.10. The predicted octanol–water partition coefficient (Wildman–Crippen LogP) is -0.0793. The topological polar surface area (TPSA) is 73.9 Å². The number of nitrogens with one attached hydrogen (secondary N) is 1. The number of amides is 1. The van der Waals surface area contributed by atoms with Crippen LogP contribution >= 0.6 is 0 Å². The molecule has 1 amide bonds. The third-order valence-electron chi connectivity index (χ3n) is 2.69. The summed E-state index contributed by atoms with van der Waals surface area (Å²) in [7, 11) is 3.00. The van der Waals surface area contributed by atoms with Gasteiger partial charge in [-0.2, -0.15) is 0 Å². The molecule has 1 N–H and O–H groups in total. The molecule has 0 aromatic heterocycles. The van der Waals surface area contributed by atoms with E-state index in [4.69, 9.17) is 14.2 Å². The lowest BCUT2D eigenvalue weighted by molar-refractivity contribution is -0.146. The summed E-state index contributed by atoms with van der Waals surface area (Å²) in [6.07, 6.45) is 0.105. The van der Waals surface area contributed by atoms with Gasteiger partial charge >= 0.3 is 5.97 Å². The molecule has 0 unspecified atom stereocenters. The SMILES string of the molecule is CCOC(=O)[C@H]1C[C@@H]1C(=O)NCC(OC)OC. The van der Waals surface area contributed by atoms with Crippen LogP contribution < -0.4 is 5.32 Å². The van der Waals surface area contributed by atoms with E-state index in [1.54, 1.807) is 6.92 Å². The third-order valence-corrected chi connectivity index (χ3v) is 2.69. The van der Waals surface area contributed by atoms with Gasteiger partial charge in [0.15, 0.2) is 6.29 Å². The van der Waals surface area contributed by atoms with E-state index in [9.17, 15) is 9.59 Å². The van der Waals surface area contributed by atoms with Gasteiger partial charge in [0.2, 0.25) is 5.91 Å². The van der Waals surface area contributed by atoms with Gasteiger partial charge in [-0.25, -0.2) is 0 Å². The molecule has 6 heteroatoms. The monoisotopic (exact) mass is 245 g/mol. The van der Waals surface area contributed by atoms with Crippen molar-refractivity contribution >= 4 is 11.9 Å². The lowest BCUT2D eigenvalue weighted by Gasteiger charge is -2.13. The van der Waals surface area contributed by atoms with Gasteiger partial charge in [-0.3, -0.25) is 9.59 Å². The summed E-state index contributed by atoms with van der Waals surface area (Å²) in [5, 5.41) is 2.68. The standard InChI is InChI=1S/C11H19NO5/c1-4-17-11(14)8-5-7(8)10(13)12-6-9(15-2)16-3/h7-9H,4-6H2,1-3H3,(H,12,13)/t7-,8-/m0/s1. The highest BCUT2D eigenvalue weighted by atomic mass is 16.7. The molecule has 98 valence electrons.